The molecule has 2 rings (SSSR count). The molecule has 0 saturated heterocycles. The van der Waals surface area contributed by atoms with Crippen molar-refractivity contribution in [1.29, 1.82) is 5.26 Å². The van der Waals surface area contributed by atoms with Gasteiger partial charge in [0.05, 0.1) is 6.54 Å². The van der Waals surface area contributed by atoms with Crippen molar-refractivity contribution in [1.82, 2.24) is 9.78 Å². The average molecular weight is 300 g/mol. The predicted octanol–water partition coefficient (Wildman–Crippen LogP) is 3.78. The zero-order valence-corrected chi connectivity index (χ0v) is 11.1. The Morgan fingerprint density at radius 3 is 2.35 bits per heavy atom. The molecular formula is C13H9ClF3N3. The highest BCUT2D eigenvalue weighted by molar-refractivity contribution is 6.30. The number of hydrogen-bond acceptors (Lipinski definition) is 2. The number of nitrogens with zero attached hydrogens (tertiary/aromatic N) is 3. The lowest BCUT2D eigenvalue weighted by Gasteiger charge is -2.04. The van der Waals surface area contributed by atoms with Gasteiger partial charge in [0.15, 0.2) is 5.69 Å². The minimum Gasteiger partial charge on any atom is -0.248 e. The summed E-state index contributed by atoms with van der Waals surface area (Å²) in [6.07, 6.45) is -4.70. The van der Waals surface area contributed by atoms with Gasteiger partial charge >= 0.3 is 6.18 Å². The fourth-order valence-electron chi connectivity index (χ4n) is 1.71. The lowest BCUT2D eigenvalue weighted by Crippen LogP contribution is -2.09. The van der Waals surface area contributed by atoms with E-state index in [1.165, 1.54) is 6.07 Å². The van der Waals surface area contributed by atoms with Crippen LogP contribution >= 0.6 is 11.6 Å². The molecule has 0 saturated carbocycles. The molecule has 104 valence electrons. The number of nitriles is 1. The minimum atomic E-state index is -4.70. The summed E-state index contributed by atoms with van der Waals surface area (Å²) >= 11 is 5.79. The van der Waals surface area contributed by atoms with Gasteiger partial charge in [-0.05, 0) is 12.5 Å². The highest BCUT2D eigenvalue weighted by Crippen LogP contribution is 2.34. The third-order valence-electron chi connectivity index (χ3n) is 2.72. The molecule has 1 aromatic carbocycles. The van der Waals surface area contributed by atoms with Gasteiger partial charge in [-0.25, -0.2) is 4.68 Å². The molecule has 1 heterocycles. The Labute approximate surface area is 118 Å². The molecule has 0 aliphatic carbocycles. The smallest absolute Gasteiger partial charge is 0.248 e. The first-order chi connectivity index (χ1) is 9.32. The van der Waals surface area contributed by atoms with Gasteiger partial charge in [0.1, 0.15) is 16.8 Å². The SMILES string of the molecule is Cc1ccc(Cn2nc(C(F)(F)F)c(C#N)c2Cl)cc1. The van der Waals surface area contributed by atoms with E-state index in [1.54, 1.807) is 12.1 Å². The Bertz CT molecular complexity index is 666. The van der Waals surface area contributed by atoms with Gasteiger partial charge in [0, 0.05) is 0 Å². The zero-order valence-electron chi connectivity index (χ0n) is 10.4. The quantitative estimate of drug-likeness (QED) is 0.846. The fourth-order valence-corrected chi connectivity index (χ4v) is 1.94. The molecule has 7 heteroatoms. The minimum absolute atomic E-state index is 0.0733. The number of rotatable bonds is 2. The maximum Gasteiger partial charge on any atom is 0.436 e. The van der Waals surface area contributed by atoms with E-state index in [0.29, 0.717) is 0 Å². The molecule has 20 heavy (non-hydrogen) atoms. The summed E-state index contributed by atoms with van der Waals surface area (Å²) in [5.41, 5.74) is -0.115. The summed E-state index contributed by atoms with van der Waals surface area (Å²) in [5, 5.41) is 11.9. The summed E-state index contributed by atoms with van der Waals surface area (Å²) in [5.74, 6) is 0. The van der Waals surface area contributed by atoms with E-state index < -0.39 is 17.4 Å². The molecule has 0 atom stereocenters. The molecule has 0 aliphatic heterocycles. The molecular weight excluding hydrogens is 291 g/mol. The van der Waals surface area contributed by atoms with Crippen molar-refractivity contribution in [2.75, 3.05) is 0 Å². The average Bonchev–Trinajstić information content (AvgIpc) is 2.69. The van der Waals surface area contributed by atoms with Crippen LogP contribution in [0.3, 0.4) is 0 Å². The van der Waals surface area contributed by atoms with Gasteiger partial charge < -0.3 is 0 Å². The van der Waals surface area contributed by atoms with Crippen LogP contribution in [0.1, 0.15) is 22.4 Å². The summed E-state index contributed by atoms with van der Waals surface area (Å²) in [6, 6.07) is 8.66. The molecule has 1 aromatic heterocycles. The summed E-state index contributed by atoms with van der Waals surface area (Å²) in [4.78, 5) is 0. The van der Waals surface area contributed by atoms with E-state index in [9.17, 15) is 13.2 Å². The van der Waals surface area contributed by atoms with Crippen LogP contribution in [0, 0.1) is 18.3 Å². The number of halogens is 4. The second-order valence-electron chi connectivity index (χ2n) is 4.27. The second kappa shape index (κ2) is 5.17. The summed E-state index contributed by atoms with van der Waals surface area (Å²) < 4.78 is 39.2. The van der Waals surface area contributed by atoms with Crippen molar-refractivity contribution in [3.8, 4) is 6.07 Å². The Balaban J connectivity index is 2.41. The monoisotopic (exact) mass is 299 g/mol. The van der Waals surface area contributed by atoms with Gasteiger partial charge in [0.25, 0.3) is 0 Å². The molecule has 0 bridgehead atoms. The molecule has 0 fully saturated rings. The topological polar surface area (TPSA) is 41.6 Å². The zero-order chi connectivity index (χ0) is 14.9. The van der Waals surface area contributed by atoms with E-state index in [1.807, 2.05) is 19.1 Å². The second-order valence-corrected chi connectivity index (χ2v) is 4.63. The van der Waals surface area contributed by atoms with Crippen molar-refractivity contribution < 1.29 is 13.2 Å². The van der Waals surface area contributed by atoms with Crippen molar-refractivity contribution in [3.63, 3.8) is 0 Å². The Hall–Kier alpha value is -2.00. The van der Waals surface area contributed by atoms with Crippen LogP contribution in [0.5, 0.6) is 0 Å². The number of aromatic nitrogens is 2. The van der Waals surface area contributed by atoms with Crippen LogP contribution in [-0.2, 0) is 12.7 Å². The Morgan fingerprint density at radius 2 is 1.90 bits per heavy atom. The van der Waals surface area contributed by atoms with Gasteiger partial charge in [-0.15, -0.1) is 0 Å². The first-order valence-electron chi connectivity index (χ1n) is 5.62. The largest absolute Gasteiger partial charge is 0.436 e. The normalized spacial score (nSPS) is 11.4. The fraction of sp³-hybridized carbons (Fsp3) is 0.231. The van der Waals surface area contributed by atoms with Gasteiger partial charge in [-0.2, -0.15) is 23.5 Å². The Kier molecular flexibility index (Phi) is 3.73. The van der Waals surface area contributed by atoms with Crippen molar-refractivity contribution in [2.45, 2.75) is 19.6 Å². The van der Waals surface area contributed by atoms with E-state index in [0.717, 1.165) is 15.8 Å². The van der Waals surface area contributed by atoms with Crippen LogP contribution < -0.4 is 0 Å². The predicted molar refractivity (Wildman–Crippen MR) is 67.2 cm³/mol. The van der Waals surface area contributed by atoms with Crippen LogP contribution in [-0.4, -0.2) is 9.78 Å². The standard InChI is InChI=1S/C13H9ClF3N3/c1-8-2-4-9(5-3-8)7-20-12(14)10(6-18)11(19-20)13(15,16)17/h2-5H,7H2,1H3. The molecule has 0 unspecified atom stereocenters. The lowest BCUT2D eigenvalue weighted by atomic mass is 10.1. The van der Waals surface area contributed by atoms with Crippen molar-refractivity contribution in [2.24, 2.45) is 0 Å². The van der Waals surface area contributed by atoms with Crippen LogP contribution in [0.15, 0.2) is 24.3 Å². The number of hydrogen-bond donors (Lipinski definition) is 0. The number of benzene rings is 1. The van der Waals surface area contributed by atoms with Crippen molar-refractivity contribution >= 4 is 11.6 Å². The van der Waals surface area contributed by atoms with Gasteiger partial charge in [-0.3, -0.25) is 0 Å². The van der Waals surface area contributed by atoms with Crippen molar-refractivity contribution in [3.05, 3.63) is 51.8 Å². The molecule has 3 nitrogen and oxygen atoms in total. The molecule has 0 aliphatic rings. The number of aryl methyl sites for hydroxylation is 1. The van der Waals surface area contributed by atoms with E-state index >= 15 is 0 Å². The first-order valence-corrected chi connectivity index (χ1v) is 6.00. The first kappa shape index (κ1) is 14.4. The highest BCUT2D eigenvalue weighted by atomic mass is 35.5. The van der Waals surface area contributed by atoms with Crippen LogP contribution in [0.25, 0.3) is 0 Å². The number of alkyl halides is 3. The molecule has 0 amide bonds. The summed E-state index contributed by atoms with van der Waals surface area (Å²) in [6.45, 7) is 1.98. The van der Waals surface area contributed by atoms with E-state index in [2.05, 4.69) is 5.10 Å². The molecule has 0 N–H and O–H groups in total. The molecule has 2 aromatic rings. The third kappa shape index (κ3) is 2.78. The van der Waals surface area contributed by atoms with Gasteiger partial charge in [0.2, 0.25) is 0 Å². The highest BCUT2D eigenvalue weighted by Gasteiger charge is 2.39. The maximum absolute atomic E-state index is 12.7. The van der Waals surface area contributed by atoms with E-state index in [4.69, 9.17) is 16.9 Å². The maximum atomic E-state index is 12.7. The van der Waals surface area contributed by atoms with E-state index in [-0.39, 0.29) is 11.7 Å². The van der Waals surface area contributed by atoms with Crippen LogP contribution in [0.2, 0.25) is 5.15 Å². The summed E-state index contributed by atoms with van der Waals surface area (Å²) in [7, 11) is 0. The van der Waals surface area contributed by atoms with Gasteiger partial charge in [-0.1, -0.05) is 41.4 Å². The van der Waals surface area contributed by atoms with Crippen LogP contribution in [0.4, 0.5) is 13.2 Å². The third-order valence-corrected chi connectivity index (χ3v) is 3.11. The molecule has 0 radical (unpaired) electrons. The Morgan fingerprint density at radius 1 is 1.30 bits per heavy atom. The molecule has 0 spiro atoms. The lowest BCUT2D eigenvalue weighted by molar-refractivity contribution is -0.141.